The van der Waals surface area contributed by atoms with E-state index in [1.807, 2.05) is 0 Å². The van der Waals surface area contributed by atoms with E-state index in [9.17, 15) is 14.0 Å². The zero-order valence-electron chi connectivity index (χ0n) is 14.6. The van der Waals surface area contributed by atoms with E-state index in [2.05, 4.69) is 10.2 Å². The molecule has 0 unspecified atom stereocenters. The van der Waals surface area contributed by atoms with E-state index >= 15 is 0 Å². The molecule has 6 nitrogen and oxygen atoms in total. The average Bonchev–Trinajstić information content (AvgIpc) is 2.77. The van der Waals surface area contributed by atoms with Gasteiger partial charge < -0.3 is 10.1 Å². The summed E-state index contributed by atoms with van der Waals surface area (Å²) in [6.07, 6.45) is 0.635. The highest BCUT2D eigenvalue weighted by Gasteiger charge is 2.43. The number of amides is 3. The molecule has 136 valence electrons. The van der Waals surface area contributed by atoms with E-state index in [-0.39, 0.29) is 23.9 Å². The van der Waals surface area contributed by atoms with Gasteiger partial charge in [-0.2, -0.15) is 0 Å². The second kappa shape index (κ2) is 7.09. The number of morpholine rings is 1. The van der Waals surface area contributed by atoms with E-state index in [0.717, 1.165) is 25.2 Å². The number of nitrogens with one attached hydrogen (secondary N) is 1. The fourth-order valence-electron chi connectivity index (χ4n) is 3.26. The summed E-state index contributed by atoms with van der Waals surface area (Å²) in [6, 6.07) is 6.06. The predicted molar refractivity (Wildman–Crippen MR) is 90.5 cm³/mol. The summed E-state index contributed by atoms with van der Waals surface area (Å²) in [5, 5.41) is 2.69. The van der Waals surface area contributed by atoms with E-state index < -0.39 is 5.54 Å². The van der Waals surface area contributed by atoms with Crippen LogP contribution in [0.4, 0.5) is 9.18 Å². The van der Waals surface area contributed by atoms with E-state index in [1.54, 1.807) is 26.0 Å². The van der Waals surface area contributed by atoms with Gasteiger partial charge in [0.25, 0.3) is 5.91 Å². The van der Waals surface area contributed by atoms with Gasteiger partial charge in [0.2, 0.25) is 0 Å². The second-order valence-corrected chi connectivity index (χ2v) is 7.08. The standard InChI is InChI=1S/C18H24FN3O3/c1-18(2)16(23)22(17(24)20-18)9-3-8-21-10-11-25-15(12-21)13-4-6-14(19)7-5-13/h4-7,15H,3,8-12H2,1-2H3,(H,20,24)/t15-/m1/s1. The minimum absolute atomic E-state index is 0.0787. The van der Waals surface area contributed by atoms with Gasteiger partial charge in [-0.15, -0.1) is 0 Å². The number of hydrogen-bond acceptors (Lipinski definition) is 4. The molecule has 2 aliphatic rings. The zero-order chi connectivity index (χ0) is 18.0. The molecule has 0 aromatic heterocycles. The van der Waals surface area contributed by atoms with Gasteiger partial charge in [-0.05, 0) is 38.0 Å². The summed E-state index contributed by atoms with van der Waals surface area (Å²) in [4.78, 5) is 27.6. The molecule has 0 spiro atoms. The molecule has 0 saturated carbocycles. The van der Waals surface area contributed by atoms with Crippen molar-refractivity contribution in [2.75, 3.05) is 32.8 Å². The van der Waals surface area contributed by atoms with Crippen molar-refractivity contribution in [1.29, 1.82) is 0 Å². The monoisotopic (exact) mass is 349 g/mol. The molecule has 7 heteroatoms. The molecular weight excluding hydrogens is 325 g/mol. The molecule has 0 radical (unpaired) electrons. The SMILES string of the molecule is CC1(C)NC(=O)N(CCCN2CCO[C@@H](c3ccc(F)cc3)C2)C1=O. The minimum Gasteiger partial charge on any atom is -0.371 e. The molecule has 3 rings (SSSR count). The number of ether oxygens (including phenoxy) is 1. The van der Waals surface area contributed by atoms with Crippen LogP contribution in [0, 0.1) is 5.82 Å². The molecule has 1 atom stereocenters. The van der Waals surface area contributed by atoms with Gasteiger partial charge in [-0.1, -0.05) is 12.1 Å². The summed E-state index contributed by atoms with van der Waals surface area (Å²) >= 11 is 0. The van der Waals surface area contributed by atoms with Crippen LogP contribution in [0.5, 0.6) is 0 Å². The lowest BCUT2D eigenvalue weighted by atomic mass is 10.1. The molecule has 25 heavy (non-hydrogen) atoms. The Hall–Kier alpha value is -1.99. The fraction of sp³-hybridized carbons (Fsp3) is 0.556. The van der Waals surface area contributed by atoms with E-state index in [4.69, 9.17) is 4.74 Å². The Labute approximate surface area is 146 Å². The largest absolute Gasteiger partial charge is 0.371 e. The summed E-state index contributed by atoms with van der Waals surface area (Å²) in [5.41, 5.74) is 0.144. The summed E-state index contributed by atoms with van der Waals surface area (Å²) in [6.45, 7) is 6.75. The van der Waals surface area contributed by atoms with Gasteiger partial charge in [0.05, 0.1) is 12.7 Å². The lowest BCUT2D eigenvalue weighted by Gasteiger charge is -2.33. The molecule has 2 fully saturated rings. The zero-order valence-corrected chi connectivity index (χ0v) is 14.6. The Morgan fingerprint density at radius 3 is 2.60 bits per heavy atom. The Kier molecular flexibility index (Phi) is 5.06. The topological polar surface area (TPSA) is 61.9 Å². The Morgan fingerprint density at radius 2 is 1.96 bits per heavy atom. The lowest BCUT2D eigenvalue weighted by Crippen LogP contribution is -2.41. The number of imide groups is 1. The molecule has 3 amide bonds. The highest BCUT2D eigenvalue weighted by molar-refractivity contribution is 6.06. The van der Waals surface area contributed by atoms with Crippen LogP contribution in [0.25, 0.3) is 0 Å². The number of rotatable bonds is 5. The molecular formula is C18H24FN3O3. The summed E-state index contributed by atoms with van der Waals surface area (Å²) < 4.78 is 18.8. The fourth-order valence-corrected chi connectivity index (χ4v) is 3.26. The van der Waals surface area contributed by atoms with Gasteiger partial charge in [0.15, 0.2) is 0 Å². The normalized spacial score (nSPS) is 23.8. The number of benzene rings is 1. The molecule has 2 aliphatic heterocycles. The molecule has 2 saturated heterocycles. The van der Waals surface area contributed by atoms with E-state index in [1.165, 1.54) is 17.0 Å². The highest BCUT2D eigenvalue weighted by atomic mass is 19.1. The van der Waals surface area contributed by atoms with Gasteiger partial charge >= 0.3 is 6.03 Å². The minimum atomic E-state index is -0.816. The first-order valence-electron chi connectivity index (χ1n) is 8.60. The van der Waals surface area contributed by atoms with Crippen LogP contribution < -0.4 is 5.32 Å². The van der Waals surface area contributed by atoms with Gasteiger partial charge in [-0.25, -0.2) is 9.18 Å². The number of hydrogen-bond donors (Lipinski definition) is 1. The van der Waals surface area contributed by atoms with Crippen molar-refractivity contribution in [2.24, 2.45) is 0 Å². The number of urea groups is 1. The van der Waals surface area contributed by atoms with Crippen LogP contribution >= 0.6 is 0 Å². The Balaban J connectivity index is 1.49. The first-order chi connectivity index (χ1) is 11.9. The van der Waals surface area contributed by atoms with Crippen LogP contribution in [0.1, 0.15) is 31.9 Å². The third-order valence-electron chi connectivity index (χ3n) is 4.69. The lowest BCUT2D eigenvalue weighted by molar-refractivity contribution is -0.130. The maximum atomic E-state index is 13.0. The first-order valence-corrected chi connectivity index (χ1v) is 8.60. The van der Waals surface area contributed by atoms with Gasteiger partial charge in [0.1, 0.15) is 11.4 Å². The number of nitrogens with zero attached hydrogens (tertiary/aromatic N) is 2. The van der Waals surface area contributed by atoms with E-state index in [0.29, 0.717) is 19.6 Å². The first kappa shape index (κ1) is 17.8. The molecule has 1 aromatic rings. The quantitative estimate of drug-likeness (QED) is 0.825. The van der Waals surface area contributed by atoms with Crippen molar-refractivity contribution in [1.82, 2.24) is 15.1 Å². The highest BCUT2D eigenvalue weighted by Crippen LogP contribution is 2.23. The number of carbonyl (C=O) groups is 2. The van der Waals surface area contributed by atoms with Crippen molar-refractivity contribution >= 4 is 11.9 Å². The van der Waals surface area contributed by atoms with Crippen LogP contribution in [-0.4, -0.2) is 60.1 Å². The maximum absolute atomic E-state index is 13.0. The third kappa shape index (κ3) is 3.99. The summed E-state index contributed by atoms with van der Waals surface area (Å²) in [5.74, 6) is -0.434. The Bertz CT molecular complexity index is 647. The third-order valence-corrected chi connectivity index (χ3v) is 4.69. The van der Waals surface area contributed by atoms with Crippen molar-refractivity contribution in [3.8, 4) is 0 Å². The van der Waals surface area contributed by atoms with Crippen LogP contribution in [0.2, 0.25) is 0 Å². The maximum Gasteiger partial charge on any atom is 0.325 e. The smallest absolute Gasteiger partial charge is 0.325 e. The molecule has 2 heterocycles. The molecule has 0 aliphatic carbocycles. The Morgan fingerprint density at radius 1 is 1.24 bits per heavy atom. The molecule has 1 aromatic carbocycles. The van der Waals surface area contributed by atoms with Crippen LogP contribution in [0.3, 0.4) is 0 Å². The van der Waals surface area contributed by atoms with Crippen molar-refractivity contribution < 1.29 is 18.7 Å². The van der Waals surface area contributed by atoms with Crippen LogP contribution in [-0.2, 0) is 9.53 Å². The predicted octanol–water partition coefficient (Wildman–Crippen LogP) is 1.92. The average molecular weight is 349 g/mol. The van der Waals surface area contributed by atoms with Crippen molar-refractivity contribution in [2.45, 2.75) is 31.9 Å². The van der Waals surface area contributed by atoms with Gasteiger partial charge in [0, 0.05) is 26.2 Å². The van der Waals surface area contributed by atoms with Crippen molar-refractivity contribution in [3.05, 3.63) is 35.6 Å². The molecule has 1 N–H and O–H groups in total. The number of carbonyl (C=O) groups excluding carboxylic acids is 2. The van der Waals surface area contributed by atoms with Crippen LogP contribution in [0.15, 0.2) is 24.3 Å². The number of halogens is 1. The van der Waals surface area contributed by atoms with Gasteiger partial charge in [-0.3, -0.25) is 14.6 Å². The molecule has 0 bridgehead atoms. The summed E-state index contributed by atoms with van der Waals surface area (Å²) in [7, 11) is 0. The van der Waals surface area contributed by atoms with Crippen molar-refractivity contribution in [3.63, 3.8) is 0 Å². The second-order valence-electron chi connectivity index (χ2n) is 7.08.